The van der Waals surface area contributed by atoms with Gasteiger partial charge in [-0.3, -0.25) is 0 Å². The van der Waals surface area contributed by atoms with Crippen LogP contribution in [0.4, 0.5) is 5.69 Å². The summed E-state index contributed by atoms with van der Waals surface area (Å²) in [7, 11) is 0. The van der Waals surface area contributed by atoms with E-state index in [1.807, 2.05) is 24.3 Å². The summed E-state index contributed by atoms with van der Waals surface area (Å²) in [5, 5.41) is 3.28. The molecule has 0 atom stereocenters. The van der Waals surface area contributed by atoms with Gasteiger partial charge in [0.05, 0.1) is 17.3 Å². The number of aryl methyl sites for hydroxylation is 2. The summed E-state index contributed by atoms with van der Waals surface area (Å²) in [6.45, 7) is 2.78. The lowest BCUT2D eigenvalue weighted by Crippen LogP contribution is -1.99. The molecule has 23 heavy (non-hydrogen) atoms. The fourth-order valence-corrected chi connectivity index (χ4v) is 3.11. The number of hydrogen-bond acceptors (Lipinski definition) is 4. The number of anilines is 1. The Kier molecular flexibility index (Phi) is 4.93. The van der Waals surface area contributed by atoms with E-state index in [0.717, 1.165) is 35.0 Å². The molecule has 1 heterocycles. The zero-order valence-corrected chi connectivity index (χ0v) is 14.0. The molecule has 0 aliphatic heterocycles. The molecule has 3 rings (SSSR count). The number of nitrogen functional groups attached to an aromatic ring is 1. The van der Waals surface area contributed by atoms with Gasteiger partial charge in [0, 0.05) is 23.1 Å². The van der Waals surface area contributed by atoms with E-state index >= 15 is 0 Å². The Balaban J connectivity index is 1.49. The van der Waals surface area contributed by atoms with E-state index in [9.17, 15) is 0 Å². The Hall–Kier alpha value is -2.33. The molecule has 3 nitrogen and oxygen atoms in total. The molecule has 0 saturated heterocycles. The third-order valence-electron chi connectivity index (χ3n) is 3.58. The highest BCUT2D eigenvalue weighted by atomic mass is 32.1. The quantitative estimate of drug-likeness (QED) is 0.527. The van der Waals surface area contributed by atoms with E-state index in [-0.39, 0.29) is 0 Å². The maximum Gasteiger partial charge on any atom is 0.119 e. The summed E-state index contributed by atoms with van der Waals surface area (Å²) in [4.78, 5) is 4.71. The van der Waals surface area contributed by atoms with Gasteiger partial charge in [-0.25, -0.2) is 4.98 Å². The van der Waals surface area contributed by atoms with Crippen LogP contribution in [0.15, 0.2) is 53.9 Å². The number of rotatable bonds is 6. The molecular formula is C19H20N2OS. The average Bonchev–Trinajstić information content (AvgIpc) is 3.03. The van der Waals surface area contributed by atoms with Gasteiger partial charge < -0.3 is 10.5 Å². The highest BCUT2D eigenvalue weighted by Crippen LogP contribution is 2.23. The van der Waals surface area contributed by atoms with Gasteiger partial charge in [-0.15, -0.1) is 11.3 Å². The molecule has 0 bridgehead atoms. The molecule has 1 aromatic heterocycles. The summed E-state index contributed by atoms with van der Waals surface area (Å²) in [5.41, 5.74) is 9.91. The maximum absolute atomic E-state index is 5.71. The van der Waals surface area contributed by atoms with Crippen LogP contribution in [0.1, 0.15) is 17.0 Å². The number of nitrogens with zero attached hydrogens (tertiary/aromatic N) is 1. The standard InChI is InChI=1S/C19H20N2OS/c1-14-4-6-15(7-5-14)18-13-23-19(21-18)3-2-12-22-17-10-8-16(20)9-11-17/h4-11,13H,2-3,12,20H2,1H3. The fraction of sp³-hybridized carbons (Fsp3) is 0.211. The highest BCUT2D eigenvalue weighted by molar-refractivity contribution is 7.09. The predicted octanol–water partition coefficient (Wildman–Crippen LogP) is 4.71. The molecule has 4 heteroatoms. The second-order valence-corrected chi connectivity index (χ2v) is 6.46. The summed E-state index contributed by atoms with van der Waals surface area (Å²) in [6, 6.07) is 16.0. The van der Waals surface area contributed by atoms with Gasteiger partial charge >= 0.3 is 0 Å². The van der Waals surface area contributed by atoms with Crippen molar-refractivity contribution in [1.82, 2.24) is 4.98 Å². The molecule has 0 aliphatic carbocycles. The van der Waals surface area contributed by atoms with Crippen molar-refractivity contribution in [1.29, 1.82) is 0 Å². The van der Waals surface area contributed by atoms with Crippen molar-refractivity contribution in [3.8, 4) is 17.0 Å². The topological polar surface area (TPSA) is 48.1 Å². The molecule has 0 spiro atoms. The van der Waals surface area contributed by atoms with Gasteiger partial charge in [0.25, 0.3) is 0 Å². The number of thiazole rings is 1. The van der Waals surface area contributed by atoms with Gasteiger partial charge in [0.15, 0.2) is 0 Å². The van der Waals surface area contributed by atoms with Crippen LogP contribution in [-0.4, -0.2) is 11.6 Å². The van der Waals surface area contributed by atoms with E-state index in [1.54, 1.807) is 11.3 Å². The second-order valence-electron chi connectivity index (χ2n) is 5.51. The van der Waals surface area contributed by atoms with E-state index < -0.39 is 0 Å². The molecule has 2 N–H and O–H groups in total. The largest absolute Gasteiger partial charge is 0.494 e. The lowest BCUT2D eigenvalue weighted by atomic mass is 10.1. The van der Waals surface area contributed by atoms with Crippen LogP contribution in [0.5, 0.6) is 5.75 Å². The minimum atomic E-state index is 0.684. The Morgan fingerprint density at radius 2 is 1.78 bits per heavy atom. The molecule has 2 aromatic carbocycles. The molecule has 3 aromatic rings. The van der Waals surface area contributed by atoms with Crippen molar-refractivity contribution < 1.29 is 4.74 Å². The van der Waals surface area contributed by atoms with Crippen molar-refractivity contribution >= 4 is 17.0 Å². The number of benzene rings is 2. The lowest BCUT2D eigenvalue weighted by molar-refractivity contribution is 0.311. The molecular weight excluding hydrogens is 304 g/mol. The van der Waals surface area contributed by atoms with Crippen molar-refractivity contribution in [2.75, 3.05) is 12.3 Å². The summed E-state index contributed by atoms with van der Waals surface area (Å²) in [5.74, 6) is 0.860. The average molecular weight is 324 g/mol. The highest BCUT2D eigenvalue weighted by Gasteiger charge is 2.04. The Bertz CT molecular complexity index is 748. The Morgan fingerprint density at radius 1 is 1.04 bits per heavy atom. The third-order valence-corrected chi connectivity index (χ3v) is 4.49. The lowest BCUT2D eigenvalue weighted by Gasteiger charge is -2.05. The zero-order valence-electron chi connectivity index (χ0n) is 13.2. The van der Waals surface area contributed by atoms with Crippen molar-refractivity contribution in [2.24, 2.45) is 0 Å². The van der Waals surface area contributed by atoms with E-state index in [0.29, 0.717) is 6.61 Å². The molecule has 0 amide bonds. The first-order valence-electron chi connectivity index (χ1n) is 7.70. The fourth-order valence-electron chi connectivity index (χ4n) is 2.26. The van der Waals surface area contributed by atoms with Gasteiger partial charge in [-0.05, 0) is 37.6 Å². The van der Waals surface area contributed by atoms with E-state index in [2.05, 4.69) is 36.6 Å². The van der Waals surface area contributed by atoms with E-state index in [1.165, 1.54) is 11.1 Å². The van der Waals surface area contributed by atoms with Crippen molar-refractivity contribution in [3.05, 3.63) is 64.5 Å². The van der Waals surface area contributed by atoms with Gasteiger partial charge in [0.2, 0.25) is 0 Å². The van der Waals surface area contributed by atoms with E-state index in [4.69, 9.17) is 15.5 Å². The second kappa shape index (κ2) is 7.29. The SMILES string of the molecule is Cc1ccc(-c2csc(CCCOc3ccc(N)cc3)n2)cc1. The minimum Gasteiger partial charge on any atom is -0.494 e. The van der Waals surface area contributed by atoms with Crippen molar-refractivity contribution in [2.45, 2.75) is 19.8 Å². The normalized spacial score (nSPS) is 10.7. The number of hydrogen-bond donors (Lipinski definition) is 1. The summed E-state index contributed by atoms with van der Waals surface area (Å²) >= 11 is 1.71. The monoisotopic (exact) mass is 324 g/mol. The Labute approximate surface area is 140 Å². The molecule has 0 unspecified atom stereocenters. The number of nitrogens with two attached hydrogens (primary N) is 1. The minimum absolute atomic E-state index is 0.684. The summed E-state index contributed by atoms with van der Waals surface area (Å²) in [6.07, 6.45) is 1.89. The smallest absolute Gasteiger partial charge is 0.119 e. The van der Waals surface area contributed by atoms with Gasteiger partial charge in [0.1, 0.15) is 5.75 Å². The summed E-state index contributed by atoms with van der Waals surface area (Å²) < 4.78 is 5.71. The Morgan fingerprint density at radius 3 is 2.52 bits per heavy atom. The van der Waals surface area contributed by atoms with Crippen molar-refractivity contribution in [3.63, 3.8) is 0 Å². The molecule has 0 radical (unpaired) electrons. The molecule has 0 aliphatic rings. The molecule has 0 fully saturated rings. The van der Waals surface area contributed by atoms with Crippen LogP contribution < -0.4 is 10.5 Å². The molecule has 118 valence electrons. The van der Waals surface area contributed by atoms with Gasteiger partial charge in [-0.2, -0.15) is 0 Å². The number of aromatic nitrogens is 1. The van der Waals surface area contributed by atoms with Crippen LogP contribution >= 0.6 is 11.3 Å². The first-order chi connectivity index (χ1) is 11.2. The predicted molar refractivity (Wildman–Crippen MR) is 97.0 cm³/mol. The van der Waals surface area contributed by atoms with Crippen LogP contribution in [0.2, 0.25) is 0 Å². The zero-order chi connectivity index (χ0) is 16.1. The first kappa shape index (κ1) is 15.6. The molecule has 0 saturated carbocycles. The maximum atomic E-state index is 5.71. The van der Waals surface area contributed by atoms with Crippen LogP contribution in [0.3, 0.4) is 0 Å². The van der Waals surface area contributed by atoms with Crippen LogP contribution in [-0.2, 0) is 6.42 Å². The van der Waals surface area contributed by atoms with Crippen LogP contribution in [0.25, 0.3) is 11.3 Å². The van der Waals surface area contributed by atoms with Gasteiger partial charge in [-0.1, -0.05) is 29.8 Å². The number of ether oxygens (including phenoxy) is 1. The third kappa shape index (κ3) is 4.33. The first-order valence-corrected chi connectivity index (χ1v) is 8.58. The van der Waals surface area contributed by atoms with Crippen LogP contribution in [0, 0.1) is 6.92 Å².